The SMILES string of the molecule is Cc1ccc2ncccc2c1CNC(=O)C(C)n1ccnc1C(C)C. The van der Waals surface area contributed by atoms with Crippen LogP contribution < -0.4 is 5.32 Å². The van der Waals surface area contributed by atoms with Crippen LogP contribution in [-0.4, -0.2) is 20.4 Å². The zero-order chi connectivity index (χ0) is 18.0. The Morgan fingerprint density at radius 3 is 2.72 bits per heavy atom. The van der Waals surface area contributed by atoms with Gasteiger partial charge in [-0.1, -0.05) is 26.0 Å². The van der Waals surface area contributed by atoms with Gasteiger partial charge in [-0.05, 0) is 37.1 Å². The lowest BCUT2D eigenvalue weighted by Gasteiger charge is -2.18. The monoisotopic (exact) mass is 336 g/mol. The van der Waals surface area contributed by atoms with Crippen molar-refractivity contribution in [3.8, 4) is 0 Å². The van der Waals surface area contributed by atoms with E-state index in [2.05, 4.69) is 36.1 Å². The lowest BCUT2D eigenvalue weighted by atomic mass is 10.0. The van der Waals surface area contributed by atoms with Crippen LogP contribution in [0.3, 0.4) is 0 Å². The molecule has 0 aliphatic heterocycles. The number of hydrogen-bond donors (Lipinski definition) is 1. The molecule has 130 valence electrons. The third kappa shape index (κ3) is 3.40. The second-order valence-corrected chi connectivity index (χ2v) is 6.67. The number of nitrogens with zero attached hydrogens (tertiary/aromatic N) is 3. The van der Waals surface area contributed by atoms with Gasteiger partial charge in [-0.3, -0.25) is 9.78 Å². The van der Waals surface area contributed by atoms with Crippen molar-refractivity contribution in [2.24, 2.45) is 0 Å². The molecule has 1 atom stereocenters. The number of pyridine rings is 1. The van der Waals surface area contributed by atoms with Crippen LogP contribution in [0.2, 0.25) is 0 Å². The first-order chi connectivity index (χ1) is 12.0. The first-order valence-electron chi connectivity index (χ1n) is 8.62. The molecule has 0 aliphatic rings. The topological polar surface area (TPSA) is 59.8 Å². The smallest absolute Gasteiger partial charge is 0.243 e. The number of amides is 1. The van der Waals surface area contributed by atoms with Crippen LogP contribution in [0.1, 0.15) is 49.7 Å². The molecule has 1 unspecified atom stereocenters. The molecule has 0 saturated heterocycles. The molecule has 2 aromatic heterocycles. The predicted octanol–water partition coefficient (Wildman–Crippen LogP) is 3.74. The summed E-state index contributed by atoms with van der Waals surface area (Å²) in [6, 6.07) is 7.74. The molecule has 0 aliphatic carbocycles. The summed E-state index contributed by atoms with van der Waals surface area (Å²) in [4.78, 5) is 21.4. The highest BCUT2D eigenvalue weighted by Crippen LogP contribution is 2.21. The zero-order valence-corrected chi connectivity index (χ0v) is 15.2. The van der Waals surface area contributed by atoms with Crippen molar-refractivity contribution in [1.29, 1.82) is 0 Å². The van der Waals surface area contributed by atoms with E-state index in [9.17, 15) is 4.79 Å². The lowest BCUT2D eigenvalue weighted by molar-refractivity contribution is -0.124. The van der Waals surface area contributed by atoms with Crippen LogP contribution in [0.5, 0.6) is 0 Å². The molecule has 0 radical (unpaired) electrons. The van der Waals surface area contributed by atoms with Gasteiger partial charge in [0.05, 0.1) is 5.52 Å². The van der Waals surface area contributed by atoms with E-state index in [4.69, 9.17) is 0 Å². The lowest BCUT2D eigenvalue weighted by Crippen LogP contribution is -2.31. The van der Waals surface area contributed by atoms with Gasteiger partial charge in [0, 0.05) is 36.4 Å². The van der Waals surface area contributed by atoms with Crippen molar-refractivity contribution >= 4 is 16.8 Å². The number of aromatic nitrogens is 3. The summed E-state index contributed by atoms with van der Waals surface area (Å²) in [6.45, 7) is 8.61. The van der Waals surface area contributed by atoms with Crippen molar-refractivity contribution in [2.75, 3.05) is 0 Å². The Morgan fingerprint density at radius 2 is 1.96 bits per heavy atom. The van der Waals surface area contributed by atoms with Gasteiger partial charge in [-0.15, -0.1) is 0 Å². The quantitative estimate of drug-likeness (QED) is 0.772. The minimum atomic E-state index is -0.298. The van der Waals surface area contributed by atoms with E-state index in [0.717, 1.165) is 27.9 Å². The van der Waals surface area contributed by atoms with Crippen molar-refractivity contribution in [3.63, 3.8) is 0 Å². The van der Waals surface area contributed by atoms with E-state index in [1.807, 2.05) is 42.0 Å². The molecule has 3 rings (SSSR count). The van der Waals surface area contributed by atoms with Gasteiger partial charge in [0.15, 0.2) is 0 Å². The molecular formula is C20H24N4O. The number of imidazole rings is 1. The van der Waals surface area contributed by atoms with E-state index in [1.54, 1.807) is 12.4 Å². The normalized spacial score (nSPS) is 12.5. The maximum Gasteiger partial charge on any atom is 0.243 e. The second kappa shape index (κ2) is 7.05. The van der Waals surface area contributed by atoms with Gasteiger partial charge in [-0.25, -0.2) is 4.98 Å². The van der Waals surface area contributed by atoms with E-state index in [0.29, 0.717) is 6.54 Å². The van der Waals surface area contributed by atoms with Crippen molar-refractivity contribution in [1.82, 2.24) is 19.9 Å². The van der Waals surface area contributed by atoms with Crippen LogP contribution in [0.4, 0.5) is 0 Å². The Morgan fingerprint density at radius 1 is 1.16 bits per heavy atom. The number of hydrogen-bond acceptors (Lipinski definition) is 3. The first kappa shape index (κ1) is 17.1. The van der Waals surface area contributed by atoms with Crippen molar-refractivity contribution in [2.45, 2.75) is 46.2 Å². The second-order valence-electron chi connectivity index (χ2n) is 6.67. The van der Waals surface area contributed by atoms with Gasteiger partial charge >= 0.3 is 0 Å². The van der Waals surface area contributed by atoms with Crippen LogP contribution in [0.25, 0.3) is 10.9 Å². The van der Waals surface area contributed by atoms with Crippen LogP contribution in [-0.2, 0) is 11.3 Å². The maximum atomic E-state index is 12.7. The fraction of sp³-hybridized carbons (Fsp3) is 0.350. The largest absolute Gasteiger partial charge is 0.350 e. The Balaban J connectivity index is 1.79. The molecule has 1 N–H and O–H groups in total. The summed E-state index contributed by atoms with van der Waals surface area (Å²) in [6.07, 6.45) is 5.40. The molecule has 0 fully saturated rings. The highest BCUT2D eigenvalue weighted by Gasteiger charge is 2.19. The summed E-state index contributed by atoms with van der Waals surface area (Å²) < 4.78 is 1.94. The molecule has 1 aromatic carbocycles. The molecular weight excluding hydrogens is 312 g/mol. The fourth-order valence-electron chi connectivity index (χ4n) is 3.11. The zero-order valence-electron chi connectivity index (χ0n) is 15.2. The standard InChI is InChI=1S/C20H24N4O/c1-13(2)19-22-10-11-24(19)15(4)20(25)23-12-17-14(3)7-8-18-16(17)6-5-9-21-18/h5-11,13,15H,12H2,1-4H3,(H,23,25). The van der Waals surface area contributed by atoms with Crippen molar-refractivity contribution < 1.29 is 4.79 Å². The molecule has 0 spiro atoms. The minimum absolute atomic E-state index is 0.0137. The van der Waals surface area contributed by atoms with Gasteiger partial charge in [0.1, 0.15) is 11.9 Å². The molecule has 0 bridgehead atoms. The van der Waals surface area contributed by atoms with E-state index >= 15 is 0 Å². The first-order valence-corrected chi connectivity index (χ1v) is 8.62. The summed E-state index contributed by atoms with van der Waals surface area (Å²) in [7, 11) is 0. The third-order valence-electron chi connectivity index (χ3n) is 4.58. The number of benzene rings is 1. The van der Waals surface area contributed by atoms with Gasteiger partial charge < -0.3 is 9.88 Å². The Bertz CT molecular complexity index is 898. The number of carbonyl (C=O) groups excluding carboxylic acids is 1. The predicted molar refractivity (Wildman–Crippen MR) is 99.4 cm³/mol. The summed E-state index contributed by atoms with van der Waals surface area (Å²) in [5.74, 6) is 1.19. The molecule has 1 amide bonds. The van der Waals surface area contributed by atoms with E-state index < -0.39 is 0 Å². The summed E-state index contributed by atoms with van der Waals surface area (Å²) in [5.41, 5.74) is 3.21. The summed E-state index contributed by atoms with van der Waals surface area (Å²) >= 11 is 0. The number of fused-ring (bicyclic) bond motifs is 1. The number of rotatable bonds is 5. The highest BCUT2D eigenvalue weighted by atomic mass is 16.2. The molecule has 3 aromatic rings. The average molecular weight is 336 g/mol. The molecule has 5 nitrogen and oxygen atoms in total. The number of nitrogens with one attached hydrogen (secondary N) is 1. The number of carbonyl (C=O) groups is 1. The van der Waals surface area contributed by atoms with Crippen molar-refractivity contribution in [3.05, 3.63) is 59.8 Å². The van der Waals surface area contributed by atoms with Crippen LogP contribution in [0.15, 0.2) is 42.9 Å². The van der Waals surface area contributed by atoms with E-state index in [-0.39, 0.29) is 17.9 Å². The Hall–Kier alpha value is -2.69. The molecule has 0 saturated carbocycles. The van der Waals surface area contributed by atoms with E-state index in [1.165, 1.54) is 0 Å². The van der Waals surface area contributed by atoms with Gasteiger partial charge in [0.25, 0.3) is 0 Å². The fourth-order valence-corrected chi connectivity index (χ4v) is 3.11. The van der Waals surface area contributed by atoms with Gasteiger partial charge in [0.2, 0.25) is 5.91 Å². The van der Waals surface area contributed by atoms with Gasteiger partial charge in [-0.2, -0.15) is 0 Å². The van der Waals surface area contributed by atoms with Crippen LogP contribution in [0, 0.1) is 6.92 Å². The summed E-state index contributed by atoms with van der Waals surface area (Å²) in [5, 5.41) is 4.16. The third-order valence-corrected chi connectivity index (χ3v) is 4.58. The minimum Gasteiger partial charge on any atom is -0.350 e. The Labute approximate surface area is 148 Å². The van der Waals surface area contributed by atoms with Crippen LogP contribution >= 0.6 is 0 Å². The Kier molecular flexibility index (Phi) is 4.83. The maximum absolute atomic E-state index is 12.7. The number of aryl methyl sites for hydroxylation is 1. The molecule has 2 heterocycles. The molecule has 25 heavy (non-hydrogen) atoms. The average Bonchev–Trinajstić information content (AvgIpc) is 3.10. The highest BCUT2D eigenvalue weighted by molar-refractivity contribution is 5.84. The molecule has 5 heteroatoms.